The summed E-state index contributed by atoms with van der Waals surface area (Å²) < 4.78 is 5.70. The molecule has 1 aromatic rings. The number of nitrogens with zero attached hydrogens (tertiary/aromatic N) is 1. The Morgan fingerprint density at radius 2 is 2.16 bits per heavy atom. The van der Waals surface area contributed by atoms with E-state index in [0.29, 0.717) is 26.0 Å². The number of likely N-dealkylation sites (tertiary alicyclic amines) is 1. The quantitative estimate of drug-likeness (QED) is 0.856. The van der Waals surface area contributed by atoms with Crippen molar-refractivity contribution in [2.45, 2.75) is 31.7 Å². The average molecular weight is 264 g/mol. The topological polar surface area (TPSA) is 72.8 Å². The van der Waals surface area contributed by atoms with Gasteiger partial charge >= 0.3 is 0 Å². The summed E-state index contributed by atoms with van der Waals surface area (Å²) in [5.74, 6) is 0. The van der Waals surface area contributed by atoms with E-state index in [1.165, 1.54) is 0 Å². The van der Waals surface area contributed by atoms with E-state index in [1.54, 1.807) is 0 Å². The fraction of sp³-hybridized carbons (Fsp3) is 0.500. The van der Waals surface area contributed by atoms with Gasteiger partial charge in [0.15, 0.2) is 0 Å². The van der Waals surface area contributed by atoms with Gasteiger partial charge in [-0.15, -0.1) is 0 Å². The zero-order valence-electron chi connectivity index (χ0n) is 10.7. The second kappa shape index (κ2) is 6.54. The first kappa shape index (κ1) is 13.8. The summed E-state index contributed by atoms with van der Waals surface area (Å²) in [6.45, 7) is 0.875. The molecule has 5 heteroatoms. The summed E-state index contributed by atoms with van der Waals surface area (Å²) in [6.07, 6.45) is -1.04. The van der Waals surface area contributed by atoms with Gasteiger partial charge in [0.2, 0.25) is 0 Å². The van der Waals surface area contributed by atoms with Crippen molar-refractivity contribution in [2.24, 2.45) is 0 Å². The highest BCUT2D eigenvalue weighted by Crippen LogP contribution is 2.16. The van der Waals surface area contributed by atoms with Crippen molar-refractivity contribution in [3.8, 4) is 0 Å². The molecule has 0 aliphatic carbocycles. The van der Waals surface area contributed by atoms with Crippen LogP contribution >= 0.6 is 0 Å². The molecule has 0 saturated carbocycles. The maximum absolute atomic E-state index is 10.8. The predicted octanol–water partition coefficient (Wildman–Crippen LogP) is 0.372. The van der Waals surface area contributed by atoms with Crippen LogP contribution in [0.3, 0.4) is 0 Å². The van der Waals surface area contributed by atoms with E-state index in [2.05, 4.69) is 0 Å². The number of carbonyl (C=O) groups excluding carboxylic acids is 1. The van der Waals surface area contributed by atoms with E-state index < -0.39 is 12.2 Å². The molecule has 1 N–H and O–H groups in total. The summed E-state index contributed by atoms with van der Waals surface area (Å²) in [5, 5.41) is 20.8. The summed E-state index contributed by atoms with van der Waals surface area (Å²) in [4.78, 5) is 11.9. The highest BCUT2D eigenvalue weighted by atomic mass is 16.5. The minimum absolute atomic E-state index is 0.0573. The molecular formula is C14H18NO4-. The molecule has 0 aromatic heterocycles. The molecule has 1 heterocycles. The number of benzene rings is 1. The molecule has 0 unspecified atom stereocenters. The highest BCUT2D eigenvalue weighted by molar-refractivity contribution is 5.62. The number of hydrogen-bond acceptors (Lipinski definition) is 4. The number of ether oxygens (including phenoxy) is 1. The summed E-state index contributed by atoms with van der Waals surface area (Å²) in [5.41, 5.74) is 1.04. The molecule has 0 radical (unpaired) electrons. The summed E-state index contributed by atoms with van der Waals surface area (Å²) in [7, 11) is 0. The van der Waals surface area contributed by atoms with Gasteiger partial charge in [-0.05, 0) is 18.4 Å². The van der Waals surface area contributed by atoms with Gasteiger partial charge in [-0.25, -0.2) is 0 Å². The zero-order chi connectivity index (χ0) is 13.7. The standard InChI is InChI=1S/C14H19NO4/c16-12-9-15(14(17)18)8-4-7-13(12)19-10-11-5-2-1-3-6-11/h1-3,5-6,12-13,16H,4,7-10H2,(H,17,18)/p-1/t12-,13+/m0/s1. The third kappa shape index (κ3) is 3.94. The summed E-state index contributed by atoms with van der Waals surface area (Å²) >= 11 is 0. The van der Waals surface area contributed by atoms with Crippen molar-refractivity contribution in [2.75, 3.05) is 13.1 Å². The number of hydrogen-bond donors (Lipinski definition) is 1. The Morgan fingerprint density at radius 1 is 1.42 bits per heavy atom. The third-order valence-corrected chi connectivity index (χ3v) is 3.32. The van der Waals surface area contributed by atoms with Crippen LogP contribution in [0, 0.1) is 0 Å². The van der Waals surface area contributed by atoms with Crippen LogP contribution in [0.4, 0.5) is 4.79 Å². The fourth-order valence-electron chi connectivity index (χ4n) is 2.25. The lowest BCUT2D eigenvalue weighted by Crippen LogP contribution is -2.46. The van der Waals surface area contributed by atoms with Crippen molar-refractivity contribution >= 4 is 6.09 Å². The van der Waals surface area contributed by atoms with Crippen LogP contribution < -0.4 is 5.11 Å². The van der Waals surface area contributed by atoms with Crippen LogP contribution in [0.5, 0.6) is 0 Å². The predicted molar refractivity (Wildman–Crippen MR) is 67.2 cm³/mol. The molecule has 0 spiro atoms. The monoisotopic (exact) mass is 264 g/mol. The van der Waals surface area contributed by atoms with Gasteiger partial charge in [-0.3, -0.25) is 0 Å². The van der Waals surface area contributed by atoms with E-state index >= 15 is 0 Å². The number of aliphatic hydroxyl groups is 1. The minimum Gasteiger partial charge on any atom is -0.530 e. The lowest BCUT2D eigenvalue weighted by atomic mass is 10.1. The molecule has 5 nitrogen and oxygen atoms in total. The molecule has 1 aliphatic heterocycles. The van der Waals surface area contributed by atoms with E-state index in [0.717, 1.165) is 10.5 Å². The Bertz CT molecular complexity index is 409. The molecule has 2 atom stereocenters. The summed E-state index contributed by atoms with van der Waals surface area (Å²) in [6, 6.07) is 9.70. The Kier molecular flexibility index (Phi) is 4.76. The molecule has 0 bridgehead atoms. The Hall–Kier alpha value is -1.59. The SMILES string of the molecule is O=C([O-])N1CCC[C@@H](OCc2ccccc2)[C@@H](O)C1. The largest absolute Gasteiger partial charge is 0.530 e. The maximum atomic E-state index is 10.8. The van der Waals surface area contributed by atoms with Crippen molar-refractivity contribution in [1.29, 1.82) is 0 Å². The fourth-order valence-corrected chi connectivity index (χ4v) is 2.25. The number of carbonyl (C=O) groups is 1. The third-order valence-electron chi connectivity index (χ3n) is 3.32. The lowest BCUT2D eigenvalue weighted by molar-refractivity contribution is -0.266. The number of amides is 1. The Morgan fingerprint density at radius 3 is 2.84 bits per heavy atom. The number of rotatable bonds is 3. The van der Waals surface area contributed by atoms with Gasteiger partial charge in [-0.1, -0.05) is 30.3 Å². The van der Waals surface area contributed by atoms with E-state index in [9.17, 15) is 15.0 Å². The van der Waals surface area contributed by atoms with E-state index in [4.69, 9.17) is 4.74 Å². The molecule has 1 fully saturated rings. The van der Waals surface area contributed by atoms with Crippen LogP contribution in [-0.2, 0) is 11.3 Å². The number of β-amino-alcohol motifs (C(OH)–C–C–N with tert-alkyl or cyclic N) is 1. The minimum atomic E-state index is -1.23. The molecule has 1 saturated heterocycles. The highest BCUT2D eigenvalue weighted by Gasteiger charge is 2.26. The molecule has 104 valence electrons. The van der Waals surface area contributed by atoms with Crippen molar-refractivity contribution in [1.82, 2.24) is 4.90 Å². The van der Waals surface area contributed by atoms with Crippen LogP contribution in [-0.4, -0.2) is 41.4 Å². The molecule has 1 aliphatic rings. The van der Waals surface area contributed by atoms with Crippen molar-refractivity contribution < 1.29 is 19.7 Å². The second-order valence-electron chi connectivity index (χ2n) is 4.76. The molecule has 1 aromatic carbocycles. The van der Waals surface area contributed by atoms with E-state index in [-0.39, 0.29) is 12.6 Å². The second-order valence-corrected chi connectivity index (χ2v) is 4.76. The van der Waals surface area contributed by atoms with Gasteiger partial charge < -0.3 is 24.6 Å². The first-order valence-electron chi connectivity index (χ1n) is 6.46. The van der Waals surface area contributed by atoms with Crippen molar-refractivity contribution in [3.63, 3.8) is 0 Å². The first-order valence-corrected chi connectivity index (χ1v) is 6.46. The van der Waals surface area contributed by atoms with Gasteiger partial charge in [0, 0.05) is 13.1 Å². The maximum Gasteiger partial charge on any atom is 0.137 e. The first-order chi connectivity index (χ1) is 9.16. The molecule has 1 amide bonds. The number of carboxylic acid groups (broad SMARTS) is 1. The molecule has 2 rings (SSSR count). The Balaban J connectivity index is 1.88. The van der Waals surface area contributed by atoms with Gasteiger partial charge in [0.25, 0.3) is 0 Å². The van der Waals surface area contributed by atoms with Crippen LogP contribution in [0.2, 0.25) is 0 Å². The molecular weight excluding hydrogens is 246 g/mol. The smallest absolute Gasteiger partial charge is 0.137 e. The van der Waals surface area contributed by atoms with Gasteiger partial charge in [0.05, 0.1) is 18.8 Å². The Labute approximate surface area is 112 Å². The van der Waals surface area contributed by atoms with Gasteiger partial charge in [-0.2, -0.15) is 0 Å². The van der Waals surface area contributed by atoms with E-state index in [1.807, 2.05) is 30.3 Å². The van der Waals surface area contributed by atoms with Crippen molar-refractivity contribution in [3.05, 3.63) is 35.9 Å². The van der Waals surface area contributed by atoms with Crippen LogP contribution in [0.15, 0.2) is 30.3 Å². The van der Waals surface area contributed by atoms with Gasteiger partial charge in [0.1, 0.15) is 6.09 Å². The zero-order valence-corrected chi connectivity index (χ0v) is 10.7. The lowest BCUT2D eigenvalue weighted by Gasteiger charge is -2.26. The number of aliphatic hydroxyl groups excluding tert-OH is 1. The molecule has 19 heavy (non-hydrogen) atoms. The van der Waals surface area contributed by atoms with Crippen LogP contribution in [0.25, 0.3) is 0 Å². The normalized spacial score (nSPS) is 23.9. The van der Waals surface area contributed by atoms with Crippen LogP contribution in [0.1, 0.15) is 18.4 Å². The average Bonchev–Trinajstić information content (AvgIpc) is 2.60.